The van der Waals surface area contributed by atoms with Crippen LogP contribution in [0, 0.1) is 0 Å². The lowest BCUT2D eigenvalue weighted by Gasteiger charge is -2.26. The zero-order valence-corrected chi connectivity index (χ0v) is 16.0. The van der Waals surface area contributed by atoms with E-state index in [4.69, 9.17) is 4.74 Å². The van der Waals surface area contributed by atoms with Crippen molar-refractivity contribution in [3.05, 3.63) is 53.6 Å². The van der Waals surface area contributed by atoms with E-state index in [1.807, 2.05) is 47.4 Å². The predicted octanol–water partition coefficient (Wildman–Crippen LogP) is 2.15. The van der Waals surface area contributed by atoms with Gasteiger partial charge in [-0.15, -0.1) is 0 Å². The van der Waals surface area contributed by atoms with Crippen molar-refractivity contribution in [1.82, 2.24) is 4.90 Å². The molecule has 1 saturated heterocycles. The maximum atomic E-state index is 12.5. The second kappa shape index (κ2) is 6.98. The molecule has 2 aromatic carbocycles. The fourth-order valence-corrected chi connectivity index (χ4v) is 4.61. The first-order chi connectivity index (χ1) is 12.9. The molecule has 27 heavy (non-hydrogen) atoms. The summed E-state index contributed by atoms with van der Waals surface area (Å²) in [5.74, 6) is 0.0302. The van der Waals surface area contributed by atoms with Gasteiger partial charge in [0.15, 0.2) is 0 Å². The highest BCUT2D eigenvalue weighted by Gasteiger charge is 2.26. The smallest absolute Gasteiger partial charge is 0.254 e. The Morgan fingerprint density at radius 1 is 0.963 bits per heavy atom. The number of benzene rings is 2. The average molecular weight is 386 g/mol. The van der Waals surface area contributed by atoms with Crippen LogP contribution in [-0.2, 0) is 21.2 Å². The summed E-state index contributed by atoms with van der Waals surface area (Å²) < 4.78 is 30.5. The summed E-state index contributed by atoms with van der Waals surface area (Å²) in [7, 11) is -3.24. The molecule has 0 spiro atoms. The molecule has 0 unspecified atom stereocenters. The van der Waals surface area contributed by atoms with Crippen LogP contribution in [0.4, 0.5) is 5.69 Å². The molecule has 142 valence electrons. The first-order valence-electron chi connectivity index (χ1n) is 9.01. The fourth-order valence-electron chi connectivity index (χ4n) is 3.65. The molecule has 0 radical (unpaired) electrons. The number of carbonyl (C=O) groups excluding carboxylic acids is 1. The van der Waals surface area contributed by atoms with Crippen molar-refractivity contribution in [2.45, 2.75) is 6.42 Å². The van der Waals surface area contributed by atoms with Gasteiger partial charge in [-0.2, -0.15) is 0 Å². The van der Waals surface area contributed by atoms with Gasteiger partial charge in [0.25, 0.3) is 5.91 Å². The van der Waals surface area contributed by atoms with Crippen LogP contribution in [0.2, 0.25) is 0 Å². The molecule has 2 aliphatic heterocycles. The minimum Gasteiger partial charge on any atom is -0.378 e. The maximum absolute atomic E-state index is 12.5. The van der Waals surface area contributed by atoms with Gasteiger partial charge in [-0.05, 0) is 47.4 Å². The molecule has 0 aromatic heterocycles. The van der Waals surface area contributed by atoms with E-state index >= 15 is 0 Å². The van der Waals surface area contributed by atoms with Crippen molar-refractivity contribution < 1.29 is 17.9 Å². The highest BCUT2D eigenvalue weighted by molar-refractivity contribution is 7.92. The van der Waals surface area contributed by atoms with Crippen molar-refractivity contribution in [3.8, 4) is 11.1 Å². The fraction of sp³-hybridized carbons (Fsp3) is 0.350. The Kier molecular flexibility index (Phi) is 4.65. The molecule has 2 heterocycles. The van der Waals surface area contributed by atoms with Gasteiger partial charge >= 0.3 is 0 Å². The van der Waals surface area contributed by atoms with Crippen LogP contribution in [0.1, 0.15) is 15.9 Å². The Hall–Kier alpha value is -2.38. The normalized spacial score (nSPS) is 17.1. The summed E-state index contributed by atoms with van der Waals surface area (Å²) in [6.07, 6.45) is 1.95. The van der Waals surface area contributed by atoms with Crippen molar-refractivity contribution >= 4 is 21.6 Å². The molecular weight excluding hydrogens is 364 g/mol. The molecule has 0 N–H and O–H groups in total. The number of sulfonamides is 1. The van der Waals surface area contributed by atoms with Gasteiger partial charge in [0, 0.05) is 25.2 Å². The third kappa shape index (κ3) is 3.57. The largest absolute Gasteiger partial charge is 0.378 e. The highest BCUT2D eigenvalue weighted by atomic mass is 32.2. The lowest BCUT2D eigenvalue weighted by Crippen LogP contribution is -2.40. The molecule has 0 saturated carbocycles. The van der Waals surface area contributed by atoms with Crippen molar-refractivity contribution in [3.63, 3.8) is 0 Å². The first-order valence-corrected chi connectivity index (χ1v) is 10.9. The lowest BCUT2D eigenvalue weighted by molar-refractivity contribution is 0.0303. The molecule has 4 rings (SSSR count). The molecule has 2 aromatic rings. The second-order valence-electron chi connectivity index (χ2n) is 6.91. The van der Waals surface area contributed by atoms with Crippen LogP contribution in [0.5, 0.6) is 0 Å². The van der Waals surface area contributed by atoms with Crippen LogP contribution in [0.15, 0.2) is 42.5 Å². The maximum Gasteiger partial charge on any atom is 0.254 e. The number of fused-ring (bicyclic) bond motifs is 1. The summed E-state index contributed by atoms with van der Waals surface area (Å²) >= 11 is 0. The van der Waals surface area contributed by atoms with Gasteiger partial charge in [0.1, 0.15) is 0 Å². The van der Waals surface area contributed by atoms with E-state index < -0.39 is 10.0 Å². The number of hydrogen-bond acceptors (Lipinski definition) is 4. The van der Waals surface area contributed by atoms with Crippen molar-refractivity contribution in [2.24, 2.45) is 0 Å². The quantitative estimate of drug-likeness (QED) is 0.811. The molecule has 1 fully saturated rings. The third-order valence-corrected chi connectivity index (χ3v) is 6.28. The topological polar surface area (TPSA) is 66.9 Å². The first kappa shape index (κ1) is 18.0. The number of rotatable bonds is 3. The Morgan fingerprint density at radius 2 is 1.63 bits per heavy atom. The molecule has 0 aliphatic carbocycles. The second-order valence-corrected chi connectivity index (χ2v) is 8.82. The molecule has 7 heteroatoms. The molecule has 1 amide bonds. The van der Waals surface area contributed by atoms with Crippen molar-refractivity contribution in [1.29, 1.82) is 0 Å². The van der Waals surface area contributed by atoms with E-state index in [-0.39, 0.29) is 5.91 Å². The minimum atomic E-state index is -3.24. The Balaban J connectivity index is 1.55. The van der Waals surface area contributed by atoms with Crippen molar-refractivity contribution in [2.75, 3.05) is 43.4 Å². The third-order valence-electron chi connectivity index (χ3n) is 5.10. The summed E-state index contributed by atoms with van der Waals surface area (Å²) in [5.41, 5.74) is 4.50. The molecule has 6 nitrogen and oxygen atoms in total. The van der Waals surface area contributed by atoms with E-state index in [9.17, 15) is 13.2 Å². The van der Waals surface area contributed by atoms with Crippen LogP contribution in [-0.4, -0.2) is 58.3 Å². The lowest BCUT2D eigenvalue weighted by atomic mass is 10.0. The summed E-state index contributed by atoms with van der Waals surface area (Å²) in [6, 6.07) is 13.4. The molecular formula is C20H22N2O4S. The molecule has 2 aliphatic rings. The van der Waals surface area contributed by atoms with E-state index in [1.165, 1.54) is 10.6 Å². The van der Waals surface area contributed by atoms with Gasteiger partial charge in [0.2, 0.25) is 10.0 Å². The van der Waals surface area contributed by atoms with E-state index in [1.54, 1.807) is 0 Å². The Labute approximate surface area is 159 Å². The number of carbonyl (C=O) groups is 1. The van der Waals surface area contributed by atoms with Gasteiger partial charge in [0.05, 0.1) is 25.2 Å². The summed E-state index contributed by atoms with van der Waals surface area (Å²) in [5, 5.41) is 0. The average Bonchev–Trinajstić information content (AvgIpc) is 3.12. The van der Waals surface area contributed by atoms with E-state index in [2.05, 4.69) is 0 Å². The standard InChI is InChI=1S/C20H22N2O4S/c1-27(24,25)22-9-8-18-14-17(6-7-19(18)22)15-2-4-16(5-3-15)20(23)21-10-12-26-13-11-21/h2-7,14H,8-13H2,1H3. The zero-order chi connectivity index (χ0) is 19.0. The predicted molar refractivity (Wildman–Crippen MR) is 104 cm³/mol. The molecule has 0 atom stereocenters. The SMILES string of the molecule is CS(=O)(=O)N1CCc2cc(-c3ccc(C(=O)N4CCOCC4)cc3)ccc21. The van der Waals surface area contributed by atoms with Gasteiger partial charge in [-0.25, -0.2) is 8.42 Å². The van der Waals surface area contributed by atoms with Crippen LogP contribution in [0.25, 0.3) is 11.1 Å². The Bertz CT molecular complexity index is 964. The zero-order valence-electron chi connectivity index (χ0n) is 15.2. The molecule has 0 bridgehead atoms. The minimum absolute atomic E-state index is 0.0302. The van der Waals surface area contributed by atoms with Gasteiger partial charge in [-0.3, -0.25) is 9.10 Å². The van der Waals surface area contributed by atoms with E-state index in [0.29, 0.717) is 44.8 Å². The highest BCUT2D eigenvalue weighted by Crippen LogP contribution is 2.33. The van der Waals surface area contributed by atoms with Gasteiger partial charge in [-0.1, -0.05) is 18.2 Å². The number of nitrogens with zero attached hydrogens (tertiary/aromatic N) is 2. The van der Waals surface area contributed by atoms with Crippen LogP contribution in [0.3, 0.4) is 0 Å². The van der Waals surface area contributed by atoms with Gasteiger partial charge < -0.3 is 9.64 Å². The van der Waals surface area contributed by atoms with E-state index in [0.717, 1.165) is 22.4 Å². The van der Waals surface area contributed by atoms with Crippen LogP contribution >= 0.6 is 0 Å². The Morgan fingerprint density at radius 3 is 2.30 bits per heavy atom. The van der Waals surface area contributed by atoms with Crippen LogP contribution < -0.4 is 4.31 Å². The number of anilines is 1. The number of morpholine rings is 1. The number of hydrogen-bond donors (Lipinski definition) is 0. The summed E-state index contributed by atoms with van der Waals surface area (Å²) in [6.45, 7) is 2.92. The monoisotopic (exact) mass is 386 g/mol. The number of ether oxygens (including phenoxy) is 1. The number of amides is 1. The summed E-state index contributed by atoms with van der Waals surface area (Å²) in [4.78, 5) is 14.4.